The van der Waals surface area contributed by atoms with Crippen LogP contribution in [0.4, 0.5) is 21.9 Å². The molecule has 1 saturated heterocycles. The van der Waals surface area contributed by atoms with E-state index in [-0.39, 0.29) is 22.0 Å². The van der Waals surface area contributed by atoms with E-state index in [0.29, 0.717) is 21.9 Å². The molecule has 1 N–H and O–H groups in total. The van der Waals surface area contributed by atoms with E-state index >= 15 is 0 Å². The number of rotatable bonds is 8. The van der Waals surface area contributed by atoms with Gasteiger partial charge in [-0.2, -0.15) is 0 Å². The minimum atomic E-state index is -0.813. The Hall–Kier alpha value is -4.56. The number of nitrogens with zero attached hydrogens (tertiary/aromatic N) is 3. The van der Waals surface area contributed by atoms with Gasteiger partial charge in [0.05, 0.1) is 20.8 Å². The summed E-state index contributed by atoms with van der Waals surface area (Å²) in [7, 11) is 0. The third kappa shape index (κ3) is 6.04. The molecule has 0 atom stereocenters. The molecular weight excluding hydrogens is 584 g/mol. The number of carbonyl (C=O) groups excluding carboxylic acids is 3. The van der Waals surface area contributed by atoms with Crippen molar-refractivity contribution >= 4 is 67.9 Å². The number of anilines is 1. The molecule has 1 fully saturated rings. The molecule has 0 spiro atoms. The molecule has 3 aromatic carbocycles. The average Bonchev–Trinajstić information content (AvgIpc) is 3.13. The SMILES string of the molecule is O=C(CN1C(=O)S/C(=C\c2cc(Br)ccc2Oc2ccc([N+](=O)[O-])cc2[N+](=O)[O-])C1=O)Nc1ccccc1. The summed E-state index contributed by atoms with van der Waals surface area (Å²) < 4.78 is 6.29. The van der Waals surface area contributed by atoms with E-state index in [1.54, 1.807) is 42.5 Å². The van der Waals surface area contributed by atoms with E-state index in [1.165, 1.54) is 12.1 Å². The molecule has 38 heavy (non-hydrogen) atoms. The van der Waals surface area contributed by atoms with E-state index in [4.69, 9.17) is 4.74 Å². The zero-order chi connectivity index (χ0) is 27.4. The normalized spacial score (nSPS) is 14.0. The fourth-order valence-corrected chi connectivity index (χ4v) is 4.54. The van der Waals surface area contributed by atoms with Crippen molar-refractivity contribution < 1.29 is 29.0 Å². The standard InChI is InChI=1S/C24H15BrN4O8S/c25-15-6-8-19(37-20-9-7-17(28(33)34)12-18(20)29(35)36)14(10-15)11-21-23(31)27(24(32)38-21)13-22(30)26-16-4-2-1-3-5-16/h1-12H,13H2,(H,26,30)/b21-11-. The Bertz CT molecular complexity index is 1510. The number of hydrogen-bond donors (Lipinski definition) is 1. The first-order valence-corrected chi connectivity index (χ1v) is 12.2. The Morgan fingerprint density at radius 1 is 1.00 bits per heavy atom. The predicted octanol–water partition coefficient (Wildman–Crippen LogP) is 5.73. The summed E-state index contributed by atoms with van der Waals surface area (Å²) >= 11 is 3.93. The third-order valence-electron chi connectivity index (χ3n) is 5.06. The highest BCUT2D eigenvalue weighted by Crippen LogP contribution is 2.39. The molecule has 0 radical (unpaired) electrons. The average molecular weight is 599 g/mol. The quantitative estimate of drug-likeness (QED) is 0.194. The number of amides is 3. The summed E-state index contributed by atoms with van der Waals surface area (Å²) in [5.41, 5.74) is -0.314. The number of hydrogen-bond acceptors (Lipinski definition) is 9. The van der Waals surface area contributed by atoms with Gasteiger partial charge in [0.2, 0.25) is 11.7 Å². The summed E-state index contributed by atoms with van der Waals surface area (Å²) in [6.07, 6.45) is 1.36. The van der Waals surface area contributed by atoms with E-state index < -0.39 is 44.8 Å². The second-order valence-corrected chi connectivity index (χ2v) is 9.54. The van der Waals surface area contributed by atoms with Crippen molar-refractivity contribution in [2.45, 2.75) is 0 Å². The van der Waals surface area contributed by atoms with Gasteiger partial charge < -0.3 is 10.1 Å². The molecule has 0 aromatic heterocycles. The molecular formula is C24H15BrN4O8S. The van der Waals surface area contributed by atoms with E-state index in [9.17, 15) is 34.6 Å². The number of carbonyl (C=O) groups is 3. The number of ether oxygens (including phenoxy) is 1. The number of non-ortho nitro benzene ring substituents is 1. The zero-order valence-corrected chi connectivity index (χ0v) is 21.4. The van der Waals surface area contributed by atoms with Crippen LogP contribution < -0.4 is 10.1 Å². The smallest absolute Gasteiger partial charge is 0.318 e. The Morgan fingerprint density at radius 2 is 1.71 bits per heavy atom. The number of nitro groups is 2. The van der Waals surface area contributed by atoms with Crippen LogP contribution in [0.15, 0.2) is 76.1 Å². The van der Waals surface area contributed by atoms with Crippen LogP contribution in [0.5, 0.6) is 11.5 Å². The molecule has 0 saturated carbocycles. The molecule has 3 aromatic rings. The molecule has 0 bridgehead atoms. The van der Waals surface area contributed by atoms with Gasteiger partial charge in [0.15, 0.2) is 0 Å². The lowest BCUT2D eigenvalue weighted by atomic mass is 10.1. The van der Waals surface area contributed by atoms with Crippen LogP contribution >= 0.6 is 27.7 Å². The molecule has 1 heterocycles. The number of para-hydroxylation sites is 1. The zero-order valence-electron chi connectivity index (χ0n) is 19.0. The number of benzene rings is 3. The Labute approximate surface area is 226 Å². The second kappa shape index (κ2) is 11.2. The molecule has 1 aliphatic heterocycles. The number of nitrogens with one attached hydrogen (secondary N) is 1. The van der Waals surface area contributed by atoms with Crippen molar-refractivity contribution in [2.75, 3.05) is 11.9 Å². The Kier molecular flexibility index (Phi) is 7.83. The van der Waals surface area contributed by atoms with Crippen molar-refractivity contribution in [3.05, 3.63) is 102 Å². The van der Waals surface area contributed by atoms with Crippen LogP contribution in [0.1, 0.15) is 5.56 Å². The fourth-order valence-electron chi connectivity index (χ4n) is 3.33. The first kappa shape index (κ1) is 26.5. The van der Waals surface area contributed by atoms with Gasteiger partial charge >= 0.3 is 5.69 Å². The topological polar surface area (TPSA) is 162 Å². The number of halogens is 1. The highest BCUT2D eigenvalue weighted by atomic mass is 79.9. The molecule has 192 valence electrons. The first-order valence-electron chi connectivity index (χ1n) is 10.6. The van der Waals surface area contributed by atoms with Gasteiger partial charge in [-0.25, -0.2) is 0 Å². The maximum atomic E-state index is 12.9. The summed E-state index contributed by atoms with van der Waals surface area (Å²) in [5.74, 6) is -1.44. The lowest BCUT2D eigenvalue weighted by Crippen LogP contribution is -2.36. The highest BCUT2D eigenvalue weighted by molar-refractivity contribution is 9.10. The Morgan fingerprint density at radius 3 is 2.39 bits per heavy atom. The Balaban J connectivity index is 1.59. The van der Waals surface area contributed by atoms with Gasteiger partial charge in [0.25, 0.3) is 16.8 Å². The van der Waals surface area contributed by atoms with Crippen LogP contribution in [0.3, 0.4) is 0 Å². The minimum Gasteiger partial charge on any atom is -0.449 e. The van der Waals surface area contributed by atoms with Crippen LogP contribution in [0.25, 0.3) is 6.08 Å². The van der Waals surface area contributed by atoms with Crippen molar-refractivity contribution in [1.29, 1.82) is 0 Å². The number of thioether (sulfide) groups is 1. The summed E-state index contributed by atoms with van der Waals surface area (Å²) in [5, 5.41) is 24.5. The van der Waals surface area contributed by atoms with Crippen LogP contribution in [0, 0.1) is 20.2 Å². The molecule has 12 nitrogen and oxygen atoms in total. The maximum absolute atomic E-state index is 12.9. The largest absolute Gasteiger partial charge is 0.449 e. The fraction of sp³-hybridized carbons (Fsp3) is 0.0417. The lowest BCUT2D eigenvalue weighted by Gasteiger charge is -2.12. The summed E-state index contributed by atoms with van der Waals surface area (Å²) in [6.45, 7) is -0.492. The van der Waals surface area contributed by atoms with Crippen LogP contribution in [0.2, 0.25) is 0 Å². The monoisotopic (exact) mass is 598 g/mol. The van der Waals surface area contributed by atoms with Crippen molar-refractivity contribution in [1.82, 2.24) is 4.90 Å². The predicted molar refractivity (Wildman–Crippen MR) is 142 cm³/mol. The number of nitro benzene ring substituents is 2. The third-order valence-corrected chi connectivity index (χ3v) is 6.46. The van der Waals surface area contributed by atoms with Crippen molar-refractivity contribution in [3.8, 4) is 11.5 Å². The van der Waals surface area contributed by atoms with Crippen molar-refractivity contribution in [3.63, 3.8) is 0 Å². The molecule has 4 rings (SSSR count). The van der Waals surface area contributed by atoms with Crippen molar-refractivity contribution in [2.24, 2.45) is 0 Å². The lowest BCUT2D eigenvalue weighted by molar-refractivity contribution is -0.394. The van der Waals surface area contributed by atoms with Gasteiger partial charge in [-0.05, 0) is 54.2 Å². The molecule has 14 heteroatoms. The maximum Gasteiger partial charge on any atom is 0.318 e. The van der Waals surface area contributed by atoms with Gasteiger partial charge in [0.1, 0.15) is 12.3 Å². The van der Waals surface area contributed by atoms with Gasteiger partial charge in [-0.1, -0.05) is 34.1 Å². The van der Waals surface area contributed by atoms with Crippen LogP contribution in [-0.4, -0.2) is 38.3 Å². The molecule has 0 unspecified atom stereocenters. The molecule has 0 aliphatic carbocycles. The first-order chi connectivity index (χ1) is 18.1. The van der Waals surface area contributed by atoms with Crippen LogP contribution in [-0.2, 0) is 9.59 Å². The summed E-state index contributed by atoms with van der Waals surface area (Å²) in [4.78, 5) is 59.5. The number of imide groups is 1. The molecule has 1 aliphatic rings. The minimum absolute atomic E-state index is 0.00339. The highest BCUT2D eigenvalue weighted by Gasteiger charge is 2.36. The van der Waals surface area contributed by atoms with Gasteiger partial charge in [-0.3, -0.25) is 39.5 Å². The van der Waals surface area contributed by atoms with Gasteiger partial charge in [-0.15, -0.1) is 0 Å². The van der Waals surface area contributed by atoms with Gasteiger partial charge in [0, 0.05) is 21.8 Å². The second-order valence-electron chi connectivity index (χ2n) is 7.63. The van der Waals surface area contributed by atoms with E-state index in [2.05, 4.69) is 21.2 Å². The summed E-state index contributed by atoms with van der Waals surface area (Å²) in [6, 6.07) is 16.1. The van der Waals surface area contributed by atoms with E-state index in [0.717, 1.165) is 23.1 Å². The van der Waals surface area contributed by atoms with E-state index in [1.807, 2.05) is 0 Å². The molecule has 3 amide bonds.